The van der Waals surface area contributed by atoms with Crippen LogP contribution in [0.1, 0.15) is 28.9 Å². The molecule has 7 nitrogen and oxygen atoms in total. The van der Waals surface area contributed by atoms with E-state index in [-0.39, 0.29) is 18.8 Å². The van der Waals surface area contributed by atoms with Crippen molar-refractivity contribution < 1.29 is 24.3 Å². The van der Waals surface area contributed by atoms with Crippen molar-refractivity contribution in [2.45, 2.75) is 26.2 Å². The van der Waals surface area contributed by atoms with Gasteiger partial charge in [0.05, 0.1) is 32.5 Å². The second-order valence-electron chi connectivity index (χ2n) is 4.19. The molecular formula is C13H18N2O5. The summed E-state index contributed by atoms with van der Waals surface area (Å²) in [5, 5.41) is 11.6. The third kappa shape index (κ3) is 3.84. The van der Waals surface area contributed by atoms with Crippen LogP contribution in [0.25, 0.3) is 0 Å². The molecule has 1 aromatic heterocycles. The van der Waals surface area contributed by atoms with Gasteiger partial charge in [0.25, 0.3) is 0 Å². The van der Waals surface area contributed by atoms with Crippen molar-refractivity contribution in [3.63, 3.8) is 0 Å². The number of nitrogens with one attached hydrogen (secondary N) is 1. The van der Waals surface area contributed by atoms with Crippen LogP contribution in [-0.4, -0.2) is 42.6 Å². The lowest BCUT2D eigenvalue weighted by Crippen LogP contribution is -2.09. The van der Waals surface area contributed by atoms with Gasteiger partial charge in [0, 0.05) is 12.1 Å². The smallest absolute Gasteiger partial charge is 0.310 e. The summed E-state index contributed by atoms with van der Waals surface area (Å²) in [5.41, 5.74) is 2.82. The van der Waals surface area contributed by atoms with Gasteiger partial charge in [-0.3, -0.25) is 9.59 Å². The fourth-order valence-electron chi connectivity index (χ4n) is 2.00. The topological polar surface area (TPSA) is 101 Å². The summed E-state index contributed by atoms with van der Waals surface area (Å²) in [7, 11) is 2.63. The number of carbonyl (C=O) groups is 2. The van der Waals surface area contributed by atoms with E-state index >= 15 is 0 Å². The summed E-state index contributed by atoms with van der Waals surface area (Å²) in [5.74, 6) is -0.733. The zero-order valence-corrected chi connectivity index (χ0v) is 11.7. The number of hydrogen-bond acceptors (Lipinski definition) is 6. The Morgan fingerprint density at radius 3 is 2.45 bits per heavy atom. The number of aryl methyl sites for hydroxylation is 1. The van der Waals surface area contributed by atoms with Gasteiger partial charge in [0.2, 0.25) is 0 Å². The fourth-order valence-corrected chi connectivity index (χ4v) is 2.00. The van der Waals surface area contributed by atoms with Crippen molar-refractivity contribution in [3.05, 3.63) is 22.5 Å². The molecule has 110 valence electrons. The molecule has 1 aromatic rings. The predicted octanol–water partition coefficient (Wildman–Crippen LogP) is 0.952. The second-order valence-corrected chi connectivity index (χ2v) is 4.19. The largest absolute Gasteiger partial charge is 0.469 e. The first-order valence-corrected chi connectivity index (χ1v) is 6.04. The highest BCUT2D eigenvalue weighted by Crippen LogP contribution is 2.21. The number of aromatic nitrogens is 1. The maximum Gasteiger partial charge on any atom is 0.310 e. The van der Waals surface area contributed by atoms with Crippen LogP contribution in [0.5, 0.6) is 0 Å². The van der Waals surface area contributed by atoms with Crippen LogP contribution < -0.4 is 0 Å². The normalized spacial score (nSPS) is 10.8. The maximum atomic E-state index is 11.5. The summed E-state index contributed by atoms with van der Waals surface area (Å²) in [6.07, 6.45) is 1.89. The van der Waals surface area contributed by atoms with Crippen molar-refractivity contribution in [3.8, 4) is 0 Å². The van der Waals surface area contributed by atoms with Crippen LogP contribution in [-0.2, 0) is 31.9 Å². The van der Waals surface area contributed by atoms with Crippen LogP contribution in [0.4, 0.5) is 0 Å². The molecular weight excluding hydrogens is 264 g/mol. The maximum absolute atomic E-state index is 11.5. The number of esters is 2. The number of rotatable bonds is 6. The predicted molar refractivity (Wildman–Crippen MR) is 71.0 cm³/mol. The third-order valence-corrected chi connectivity index (χ3v) is 3.01. The molecule has 1 heterocycles. The van der Waals surface area contributed by atoms with E-state index < -0.39 is 5.97 Å². The summed E-state index contributed by atoms with van der Waals surface area (Å²) in [6, 6.07) is 0. The van der Waals surface area contributed by atoms with Crippen LogP contribution in [0.3, 0.4) is 0 Å². The van der Waals surface area contributed by atoms with E-state index in [2.05, 4.69) is 19.6 Å². The Morgan fingerprint density at radius 1 is 1.25 bits per heavy atom. The highest BCUT2D eigenvalue weighted by atomic mass is 16.5. The molecule has 0 aromatic carbocycles. The van der Waals surface area contributed by atoms with Crippen molar-refractivity contribution in [1.29, 1.82) is 0 Å². The summed E-state index contributed by atoms with van der Waals surface area (Å²) in [6.45, 7) is 1.82. The minimum absolute atomic E-state index is 0.0404. The van der Waals surface area contributed by atoms with Crippen LogP contribution in [0, 0.1) is 6.92 Å². The molecule has 20 heavy (non-hydrogen) atoms. The standard InChI is InChI=1S/C13H18N2O5/c1-8-9(4-5-12(16)19-2)10(6-13(17)20-3)11(15-8)7-14-18/h7,15,18H,4-6H2,1-3H3/b14-7+. The molecule has 0 aliphatic rings. The molecule has 0 spiro atoms. The van der Waals surface area contributed by atoms with Gasteiger partial charge in [0.15, 0.2) is 0 Å². The number of methoxy groups -OCH3 is 2. The van der Waals surface area contributed by atoms with Gasteiger partial charge in [-0.15, -0.1) is 0 Å². The first-order valence-electron chi connectivity index (χ1n) is 6.04. The lowest BCUT2D eigenvalue weighted by molar-refractivity contribution is -0.140. The van der Waals surface area contributed by atoms with Crippen LogP contribution in [0.15, 0.2) is 5.16 Å². The zero-order chi connectivity index (χ0) is 15.1. The summed E-state index contributed by atoms with van der Waals surface area (Å²) in [4.78, 5) is 25.7. The van der Waals surface area contributed by atoms with E-state index in [1.807, 2.05) is 6.92 Å². The Labute approximate surface area is 116 Å². The number of aromatic amines is 1. The lowest BCUT2D eigenvalue weighted by atomic mass is 10.0. The van der Waals surface area contributed by atoms with Gasteiger partial charge in [-0.25, -0.2) is 0 Å². The van der Waals surface area contributed by atoms with Crippen molar-refractivity contribution >= 4 is 18.2 Å². The third-order valence-electron chi connectivity index (χ3n) is 3.01. The Balaban J connectivity index is 3.06. The molecule has 1 rings (SSSR count). The average molecular weight is 282 g/mol. The van der Waals surface area contributed by atoms with E-state index in [1.165, 1.54) is 20.4 Å². The zero-order valence-electron chi connectivity index (χ0n) is 11.7. The second kappa shape index (κ2) is 7.32. The van der Waals surface area contributed by atoms with Gasteiger partial charge >= 0.3 is 11.9 Å². The van der Waals surface area contributed by atoms with E-state index in [9.17, 15) is 9.59 Å². The van der Waals surface area contributed by atoms with E-state index in [1.54, 1.807) is 0 Å². The Kier molecular flexibility index (Phi) is 5.76. The van der Waals surface area contributed by atoms with E-state index in [4.69, 9.17) is 5.21 Å². The number of carbonyl (C=O) groups excluding carboxylic acids is 2. The van der Waals surface area contributed by atoms with Gasteiger partial charge in [-0.05, 0) is 24.5 Å². The molecule has 0 unspecified atom stereocenters. The van der Waals surface area contributed by atoms with Crippen LogP contribution in [0.2, 0.25) is 0 Å². The number of H-pyrrole nitrogens is 1. The van der Waals surface area contributed by atoms with Crippen molar-refractivity contribution in [2.75, 3.05) is 14.2 Å². The first-order chi connectivity index (χ1) is 9.53. The monoisotopic (exact) mass is 282 g/mol. The molecule has 0 aliphatic heterocycles. The van der Waals surface area contributed by atoms with Crippen molar-refractivity contribution in [2.24, 2.45) is 5.16 Å². The highest BCUT2D eigenvalue weighted by molar-refractivity contribution is 5.84. The molecule has 7 heteroatoms. The molecule has 0 atom stereocenters. The van der Waals surface area contributed by atoms with Gasteiger partial charge in [-0.2, -0.15) is 0 Å². The molecule has 0 saturated carbocycles. The number of nitrogens with zero attached hydrogens (tertiary/aromatic N) is 1. The molecule has 0 fully saturated rings. The average Bonchev–Trinajstić information content (AvgIpc) is 2.72. The van der Waals surface area contributed by atoms with Gasteiger partial charge in [0.1, 0.15) is 0 Å². The van der Waals surface area contributed by atoms with Gasteiger partial charge in [-0.1, -0.05) is 5.16 Å². The Morgan fingerprint density at radius 2 is 1.90 bits per heavy atom. The molecule has 0 saturated heterocycles. The number of hydrogen-bond donors (Lipinski definition) is 2. The molecule has 0 amide bonds. The summed E-state index contributed by atoms with van der Waals surface area (Å²) >= 11 is 0. The van der Waals surface area contributed by atoms with Gasteiger partial charge < -0.3 is 19.7 Å². The quantitative estimate of drug-likeness (QED) is 0.350. The highest BCUT2D eigenvalue weighted by Gasteiger charge is 2.18. The Hall–Kier alpha value is -2.31. The Bertz CT molecular complexity index is 519. The number of ether oxygens (including phenoxy) is 2. The van der Waals surface area contributed by atoms with E-state index in [0.29, 0.717) is 17.7 Å². The molecule has 2 N–H and O–H groups in total. The van der Waals surface area contributed by atoms with Crippen molar-refractivity contribution in [1.82, 2.24) is 4.98 Å². The molecule has 0 radical (unpaired) electrons. The lowest BCUT2D eigenvalue weighted by Gasteiger charge is -2.05. The first kappa shape index (κ1) is 15.7. The summed E-state index contributed by atoms with van der Waals surface area (Å²) < 4.78 is 9.25. The molecule has 0 bridgehead atoms. The fraction of sp³-hybridized carbons (Fsp3) is 0.462. The van der Waals surface area contributed by atoms with Crippen LogP contribution >= 0.6 is 0 Å². The SMILES string of the molecule is COC(=O)CCc1c(C)[nH]c(/C=N/O)c1CC(=O)OC. The minimum atomic E-state index is -0.407. The number of oxime groups is 1. The molecule has 0 aliphatic carbocycles. The van der Waals surface area contributed by atoms with E-state index in [0.717, 1.165) is 11.3 Å². The minimum Gasteiger partial charge on any atom is -0.469 e.